The number of nitrogens with two attached hydrogens (primary N) is 2. The molecule has 0 saturated carbocycles. The molecule has 0 unspecified atom stereocenters. The van der Waals surface area contributed by atoms with Crippen LogP contribution in [0, 0.1) is 20.8 Å². The molecule has 0 heterocycles. The van der Waals surface area contributed by atoms with Gasteiger partial charge in [0, 0.05) is 0 Å². The molecular formula is H4N2O4-2. The van der Waals surface area contributed by atoms with Gasteiger partial charge in [-0.2, -0.15) is 0 Å². The van der Waals surface area contributed by atoms with Crippen molar-refractivity contribution >= 4 is 0 Å². The first-order valence-electron chi connectivity index (χ1n) is 0.943. The summed E-state index contributed by atoms with van der Waals surface area (Å²) >= 11 is 0. The maximum Gasteiger partial charge on any atom is -0.426 e. The van der Waals surface area contributed by atoms with Crippen LogP contribution in [0.3, 0.4) is 0 Å². The summed E-state index contributed by atoms with van der Waals surface area (Å²) in [6.45, 7) is 0. The van der Waals surface area contributed by atoms with Gasteiger partial charge in [0.2, 0.25) is 0 Å². The van der Waals surface area contributed by atoms with Crippen LogP contribution in [-0.4, -0.2) is 0 Å². The molecule has 6 nitrogen and oxygen atoms in total. The van der Waals surface area contributed by atoms with Gasteiger partial charge in [-0.15, -0.1) is 0 Å². The van der Waals surface area contributed by atoms with E-state index < -0.39 is 11.3 Å². The lowest BCUT2D eigenvalue weighted by Crippen LogP contribution is -2.69. The summed E-state index contributed by atoms with van der Waals surface area (Å²) in [5, 5.41) is 33.0. The third-order valence-corrected chi connectivity index (χ3v) is 0. The van der Waals surface area contributed by atoms with Crippen LogP contribution >= 0.6 is 0 Å². The molecule has 0 bridgehead atoms. The first kappa shape index (κ1) is 9.23. The molecule has 0 aromatic heterocycles. The number of quaternary nitrogens is 2. The largest absolute Gasteiger partial charge is 0.635 e. The summed E-state index contributed by atoms with van der Waals surface area (Å²) in [6.07, 6.45) is 0. The molecule has 6 heteroatoms. The fourth-order valence-electron chi connectivity index (χ4n) is 0. The van der Waals surface area contributed by atoms with E-state index in [9.17, 15) is 0 Å². The van der Waals surface area contributed by atoms with Crippen LogP contribution in [0.5, 0.6) is 0 Å². The molecule has 0 fully saturated rings. The summed E-state index contributed by atoms with van der Waals surface area (Å²) < 4.78 is 0. The summed E-state index contributed by atoms with van der Waals surface area (Å²) in [5.74, 6) is 0. The van der Waals surface area contributed by atoms with Gasteiger partial charge in [-0.05, 0) is 0 Å². The predicted molar refractivity (Wildman–Crippen MR) is 17.3 cm³/mol. The van der Waals surface area contributed by atoms with Crippen molar-refractivity contribution in [3.63, 3.8) is 0 Å². The minimum Gasteiger partial charge on any atom is -0.635 e. The van der Waals surface area contributed by atoms with Gasteiger partial charge in [-0.1, -0.05) is 0 Å². The first-order valence-corrected chi connectivity index (χ1v) is 0.943. The molecule has 0 amide bonds. The predicted octanol–water partition coefficient (Wildman–Crippen LogP) is -2.91. The second-order valence-corrected chi connectivity index (χ2v) is 0.192. The Labute approximate surface area is 33.5 Å². The Morgan fingerprint density at radius 3 is 0.667 bits per heavy atom. The number of hydrogen-bond donors (Lipinski definition) is 2. The molecule has 0 atom stereocenters. The zero-order valence-electron chi connectivity index (χ0n) is 2.79. The van der Waals surface area contributed by atoms with Gasteiger partial charge in [0.15, 0.2) is 0 Å². The highest BCUT2D eigenvalue weighted by molar-refractivity contribution is 3.89. The third-order valence-electron chi connectivity index (χ3n) is 0. The summed E-state index contributed by atoms with van der Waals surface area (Å²) in [7, 11) is 0. The molecule has 0 aliphatic rings. The molecular weight excluding hydrogens is 92.0 g/mol. The van der Waals surface area contributed by atoms with Gasteiger partial charge in [0.05, 0.1) is 0 Å². The molecule has 0 aromatic rings. The van der Waals surface area contributed by atoms with Crippen LogP contribution in [-0.2, 0) is 0 Å². The average Bonchev–Trinajstić information content (AvgIpc) is 1.39. The second kappa shape index (κ2) is 21.7. The molecule has 4 N–H and O–H groups in total. The average molecular weight is 96.0 g/mol. The molecule has 40 valence electrons. The zero-order valence-corrected chi connectivity index (χ0v) is 2.79. The Hall–Kier alpha value is -0.240. The standard InChI is InChI=1S/2H2NO2/c2*2-1-3/h2*1H2/q2*-1. The first-order chi connectivity index (χ1) is 2.83. The van der Waals surface area contributed by atoms with Crippen LogP contribution in [0.25, 0.3) is 0 Å². The maximum atomic E-state index is 8.25. The van der Waals surface area contributed by atoms with Crippen LogP contribution in [0.15, 0.2) is 0 Å². The van der Waals surface area contributed by atoms with Crippen LogP contribution in [0.2, 0.25) is 0 Å². The van der Waals surface area contributed by atoms with E-state index in [4.69, 9.17) is 20.8 Å². The monoisotopic (exact) mass is 96.0 g/mol. The Morgan fingerprint density at radius 2 is 0.667 bits per heavy atom. The van der Waals surface area contributed by atoms with Gasteiger partial charge in [0.25, 0.3) is 0 Å². The fraction of sp³-hybridized carbons (Fsp3) is 0. The van der Waals surface area contributed by atoms with Crippen LogP contribution < -0.4 is 11.3 Å². The van der Waals surface area contributed by atoms with E-state index in [0.717, 1.165) is 0 Å². The van der Waals surface area contributed by atoms with Crippen molar-refractivity contribution in [2.45, 2.75) is 0 Å². The van der Waals surface area contributed by atoms with Crippen molar-refractivity contribution in [1.82, 2.24) is 0 Å². The van der Waals surface area contributed by atoms with Crippen molar-refractivity contribution in [3.8, 4) is 0 Å². The Morgan fingerprint density at radius 1 is 0.667 bits per heavy atom. The normalized spacial score (nSPS) is 6.00. The van der Waals surface area contributed by atoms with Crippen molar-refractivity contribution in [3.05, 3.63) is 20.8 Å². The molecule has 0 spiro atoms. The van der Waals surface area contributed by atoms with E-state index in [1.54, 1.807) is 0 Å². The highest BCUT2D eigenvalue weighted by Gasteiger charge is 0.891. The molecule has 0 aliphatic heterocycles. The molecule has 0 aromatic carbocycles. The molecule has 0 aliphatic carbocycles. The van der Waals surface area contributed by atoms with E-state index in [1.165, 1.54) is 0 Å². The van der Waals surface area contributed by atoms with E-state index in [1.807, 2.05) is 0 Å². The van der Waals surface area contributed by atoms with Crippen molar-refractivity contribution < 1.29 is 11.3 Å². The number of rotatable bonds is 0. The molecule has 6 heavy (non-hydrogen) atoms. The maximum absolute atomic E-state index is 8.25. The number of hydrogen-bond acceptors (Lipinski definition) is 4. The fourth-order valence-corrected chi connectivity index (χ4v) is 0. The zero-order chi connectivity index (χ0) is 5.41. The Balaban J connectivity index is 0. The lowest BCUT2D eigenvalue weighted by atomic mass is 13.3. The SMILES string of the molecule is [O-][NH2+][O-].[O-][NH2+][O-]. The van der Waals surface area contributed by atoms with Gasteiger partial charge < -0.3 is 32.1 Å². The van der Waals surface area contributed by atoms with E-state index in [0.29, 0.717) is 0 Å². The van der Waals surface area contributed by atoms with Crippen molar-refractivity contribution in [1.29, 1.82) is 0 Å². The van der Waals surface area contributed by atoms with Gasteiger partial charge >= 0.3 is 0 Å². The second-order valence-electron chi connectivity index (χ2n) is 0.192. The van der Waals surface area contributed by atoms with Crippen molar-refractivity contribution in [2.24, 2.45) is 0 Å². The van der Waals surface area contributed by atoms with Crippen LogP contribution in [0.1, 0.15) is 0 Å². The molecule has 0 saturated heterocycles. The summed E-state index contributed by atoms with van der Waals surface area (Å²) in [5.41, 5.74) is -1.00. The summed E-state index contributed by atoms with van der Waals surface area (Å²) in [4.78, 5) is 0. The molecule has 0 radical (unpaired) electrons. The third kappa shape index (κ3) is 497. The van der Waals surface area contributed by atoms with Gasteiger partial charge in [-0.3, -0.25) is 0 Å². The highest BCUT2D eigenvalue weighted by atomic mass is 16.7. The molecule has 0 rings (SSSR count). The Kier molecular flexibility index (Phi) is 33.4. The van der Waals surface area contributed by atoms with E-state index >= 15 is 0 Å². The van der Waals surface area contributed by atoms with Crippen LogP contribution in [0.4, 0.5) is 0 Å². The highest BCUT2D eigenvalue weighted by Crippen LogP contribution is 0.773. The van der Waals surface area contributed by atoms with Crippen molar-refractivity contribution in [2.75, 3.05) is 0 Å². The van der Waals surface area contributed by atoms with E-state index in [-0.39, 0.29) is 0 Å². The summed E-state index contributed by atoms with van der Waals surface area (Å²) in [6, 6.07) is 0. The lowest BCUT2D eigenvalue weighted by Gasteiger charge is -1.95. The minimum atomic E-state index is -0.500. The van der Waals surface area contributed by atoms with E-state index in [2.05, 4.69) is 0 Å². The Bertz CT molecular complexity index is 7.51. The topological polar surface area (TPSA) is 125 Å². The smallest absolute Gasteiger partial charge is 0.426 e. The minimum absolute atomic E-state index is 0.500. The quantitative estimate of drug-likeness (QED) is 0.313. The van der Waals surface area contributed by atoms with Gasteiger partial charge in [0.1, 0.15) is 0 Å². The van der Waals surface area contributed by atoms with Gasteiger partial charge in [-0.25, -0.2) is 0 Å². The lowest BCUT2D eigenvalue weighted by molar-refractivity contribution is -0.515.